The molecule has 112 valence electrons. The van der Waals surface area contributed by atoms with E-state index in [1.807, 2.05) is 47.8 Å². The van der Waals surface area contributed by atoms with Gasteiger partial charge in [0.15, 0.2) is 0 Å². The van der Waals surface area contributed by atoms with E-state index in [2.05, 4.69) is 9.97 Å². The highest BCUT2D eigenvalue weighted by Crippen LogP contribution is 2.24. The van der Waals surface area contributed by atoms with Gasteiger partial charge in [-0.25, -0.2) is 4.98 Å². The first-order valence-electron chi connectivity index (χ1n) is 7.01. The van der Waals surface area contributed by atoms with Gasteiger partial charge in [-0.2, -0.15) is 0 Å². The van der Waals surface area contributed by atoms with Crippen LogP contribution in [-0.4, -0.2) is 17.1 Å². The van der Waals surface area contributed by atoms with Crippen LogP contribution in [0.5, 0.6) is 5.75 Å². The zero-order valence-corrected chi connectivity index (χ0v) is 13.1. The molecule has 3 rings (SSSR count). The molecule has 2 N–H and O–H groups in total. The highest BCUT2D eigenvalue weighted by atomic mass is 32.1. The molecule has 0 bridgehead atoms. The smallest absolute Gasteiger partial charge is 0.118 e. The lowest BCUT2D eigenvalue weighted by molar-refractivity contribution is 0.414. The molecule has 0 aliphatic carbocycles. The van der Waals surface area contributed by atoms with Crippen molar-refractivity contribution in [2.75, 3.05) is 7.11 Å². The van der Waals surface area contributed by atoms with Crippen LogP contribution in [0.25, 0.3) is 11.4 Å². The molecular formula is C17H17N3OS. The number of thiazole rings is 1. The van der Waals surface area contributed by atoms with Gasteiger partial charge in [0.2, 0.25) is 0 Å². The maximum Gasteiger partial charge on any atom is 0.118 e. The number of hydrogen-bond acceptors (Lipinski definition) is 5. The van der Waals surface area contributed by atoms with Gasteiger partial charge in [-0.05, 0) is 29.8 Å². The van der Waals surface area contributed by atoms with Gasteiger partial charge in [-0.1, -0.05) is 18.2 Å². The van der Waals surface area contributed by atoms with Gasteiger partial charge in [-0.15, -0.1) is 11.3 Å². The third kappa shape index (κ3) is 3.32. The topological polar surface area (TPSA) is 61.0 Å². The zero-order chi connectivity index (χ0) is 15.4. The number of hydrogen-bond donors (Lipinski definition) is 1. The van der Waals surface area contributed by atoms with E-state index in [4.69, 9.17) is 10.5 Å². The van der Waals surface area contributed by atoms with Crippen molar-refractivity contribution in [3.63, 3.8) is 0 Å². The molecular weight excluding hydrogens is 294 g/mol. The van der Waals surface area contributed by atoms with Crippen LogP contribution in [0.15, 0.2) is 54.0 Å². The lowest BCUT2D eigenvalue weighted by atomic mass is 10.1. The first kappa shape index (κ1) is 14.7. The summed E-state index contributed by atoms with van der Waals surface area (Å²) in [5.41, 5.74) is 9.15. The second-order valence-electron chi connectivity index (χ2n) is 4.93. The van der Waals surface area contributed by atoms with Crippen molar-refractivity contribution >= 4 is 11.3 Å². The molecule has 2 heterocycles. The minimum absolute atomic E-state index is 0.0753. The molecule has 0 amide bonds. The minimum Gasteiger partial charge on any atom is -0.497 e. The summed E-state index contributed by atoms with van der Waals surface area (Å²) < 4.78 is 5.16. The number of benzene rings is 1. The maximum atomic E-state index is 6.28. The van der Waals surface area contributed by atoms with E-state index in [9.17, 15) is 0 Å². The largest absolute Gasteiger partial charge is 0.497 e. The van der Waals surface area contributed by atoms with Crippen molar-refractivity contribution in [3.05, 3.63) is 64.6 Å². The Morgan fingerprint density at radius 2 is 1.95 bits per heavy atom. The Kier molecular flexibility index (Phi) is 4.46. The molecule has 0 radical (unpaired) electrons. The third-order valence-electron chi connectivity index (χ3n) is 3.42. The lowest BCUT2D eigenvalue weighted by Gasteiger charge is -2.10. The van der Waals surface area contributed by atoms with Crippen LogP contribution in [-0.2, 0) is 6.42 Å². The molecule has 3 aromatic rings. The summed E-state index contributed by atoms with van der Waals surface area (Å²) in [4.78, 5) is 8.95. The number of rotatable bonds is 5. The highest BCUT2D eigenvalue weighted by Gasteiger charge is 2.11. The van der Waals surface area contributed by atoms with Gasteiger partial charge in [0.05, 0.1) is 23.5 Å². The predicted molar refractivity (Wildman–Crippen MR) is 89.0 cm³/mol. The number of pyridine rings is 1. The Balaban J connectivity index is 1.71. The molecule has 0 spiro atoms. The Labute approximate surface area is 133 Å². The molecule has 1 aromatic carbocycles. The number of nitrogens with zero attached hydrogens (tertiary/aromatic N) is 2. The third-order valence-corrected chi connectivity index (χ3v) is 4.29. The summed E-state index contributed by atoms with van der Waals surface area (Å²) in [5.74, 6) is 0.836. The fourth-order valence-electron chi connectivity index (χ4n) is 2.19. The summed E-state index contributed by atoms with van der Waals surface area (Å²) in [7, 11) is 1.66. The van der Waals surface area contributed by atoms with Crippen molar-refractivity contribution in [3.8, 4) is 17.1 Å². The van der Waals surface area contributed by atoms with Crippen LogP contribution < -0.4 is 10.5 Å². The summed E-state index contributed by atoms with van der Waals surface area (Å²) >= 11 is 1.62. The Hall–Kier alpha value is -2.24. The number of methoxy groups -OCH3 is 1. The van der Waals surface area contributed by atoms with Gasteiger partial charge >= 0.3 is 0 Å². The molecule has 1 atom stereocenters. The average Bonchev–Trinajstić information content (AvgIpc) is 3.04. The van der Waals surface area contributed by atoms with Crippen LogP contribution in [0.2, 0.25) is 0 Å². The zero-order valence-electron chi connectivity index (χ0n) is 12.3. The van der Waals surface area contributed by atoms with E-state index in [-0.39, 0.29) is 6.04 Å². The highest BCUT2D eigenvalue weighted by molar-refractivity contribution is 7.09. The SMILES string of the molecule is COc1ccc(C(N)Cc2nc(-c3ccccn3)cs2)cc1. The van der Waals surface area contributed by atoms with Gasteiger partial charge < -0.3 is 10.5 Å². The van der Waals surface area contributed by atoms with Crippen molar-refractivity contribution < 1.29 is 4.74 Å². The fourth-order valence-corrected chi connectivity index (χ4v) is 3.04. The summed E-state index contributed by atoms with van der Waals surface area (Å²) in [5, 5.41) is 3.04. The maximum absolute atomic E-state index is 6.28. The van der Waals surface area contributed by atoms with Crippen molar-refractivity contribution in [2.45, 2.75) is 12.5 Å². The molecule has 4 nitrogen and oxygen atoms in total. The Morgan fingerprint density at radius 1 is 1.14 bits per heavy atom. The molecule has 2 aromatic heterocycles. The van der Waals surface area contributed by atoms with Gasteiger partial charge in [0, 0.05) is 24.0 Å². The van der Waals surface area contributed by atoms with Crippen LogP contribution >= 0.6 is 11.3 Å². The Morgan fingerprint density at radius 3 is 2.64 bits per heavy atom. The molecule has 0 aliphatic heterocycles. The van der Waals surface area contributed by atoms with Crippen LogP contribution in [0, 0.1) is 0 Å². The second-order valence-corrected chi connectivity index (χ2v) is 5.87. The van der Waals surface area contributed by atoms with E-state index in [1.54, 1.807) is 24.6 Å². The summed E-state index contributed by atoms with van der Waals surface area (Å²) in [6.45, 7) is 0. The predicted octanol–water partition coefficient (Wildman–Crippen LogP) is 3.46. The number of ether oxygens (including phenoxy) is 1. The standard InChI is InChI=1S/C17H17N3OS/c1-21-13-7-5-12(6-8-13)14(18)10-17-20-16(11-22-17)15-4-2-3-9-19-15/h2-9,11,14H,10,18H2,1H3. The molecule has 5 heteroatoms. The van der Waals surface area contributed by atoms with Crippen LogP contribution in [0.4, 0.5) is 0 Å². The van der Waals surface area contributed by atoms with E-state index in [1.165, 1.54) is 0 Å². The van der Waals surface area contributed by atoms with E-state index in [0.717, 1.165) is 27.7 Å². The molecule has 0 saturated heterocycles. The molecule has 0 aliphatic rings. The molecule has 0 fully saturated rings. The van der Waals surface area contributed by atoms with Crippen molar-refractivity contribution in [1.29, 1.82) is 0 Å². The van der Waals surface area contributed by atoms with Gasteiger partial charge in [-0.3, -0.25) is 4.98 Å². The quantitative estimate of drug-likeness (QED) is 0.784. The normalized spacial score (nSPS) is 12.1. The monoisotopic (exact) mass is 311 g/mol. The average molecular weight is 311 g/mol. The molecule has 1 unspecified atom stereocenters. The van der Waals surface area contributed by atoms with Gasteiger partial charge in [0.1, 0.15) is 5.75 Å². The first-order chi connectivity index (χ1) is 10.8. The van der Waals surface area contributed by atoms with E-state index in [0.29, 0.717) is 6.42 Å². The Bertz CT molecular complexity index is 725. The molecule has 22 heavy (non-hydrogen) atoms. The number of aromatic nitrogens is 2. The fraction of sp³-hybridized carbons (Fsp3) is 0.176. The van der Waals surface area contributed by atoms with Crippen LogP contribution in [0.1, 0.15) is 16.6 Å². The summed E-state index contributed by atoms with van der Waals surface area (Å²) in [6.07, 6.45) is 2.49. The van der Waals surface area contributed by atoms with E-state index >= 15 is 0 Å². The minimum atomic E-state index is -0.0753. The summed E-state index contributed by atoms with van der Waals surface area (Å²) in [6, 6.07) is 13.6. The first-order valence-corrected chi connectivity index (χ1v) is 7.89. The van der Waals surface area contributed by atoms with Crippen LogP contribution in [0.3, 0.4) is 0 Å². The second kappa shape index (κ2) is 6.68. The number of nitrogens with two attached hydrogens (primary N) is 1. The van der Waals surface area contributed by atoms with Gasteiger partial charge in [0.25, 0.3) is 0 Å². The lowest BCUT2D eigenvalue weighted by Crippen LogP contribution is -2.13. The van der Waals surface area contributed by atoms with Crippen molar-refractivity contribution in [1.82, 2.24) is 9.97 Å². The molecule has 0 saturated carbocycles. The van der Waals surface area contributed by atoms with E-state index < -0.39 is 0 Å². The van der Waals surface area contributed by atoms with Crippen molar-refractivity contribution in [2.24, 2.45) is 5.73 Å².